The molecule has 4 rings (SSSR count). The van der Waals surface area contributed by atoms with Crippen LogP contribution in [0.1, 0.15) is 47.9 Å². The molecule has 1 aliphatic rings. The van der Waals surface area contributed by atoms with Gasteiger partial charge in [0.2, 0.25) is 0 Å². The van der Waals surface area contributed by atoms with Gasteiger partial charge in [0.15, 0.2) is 0 Å². The van der Waals surface area contributed by atoms with Gasteiger partial charge in [-0.05, 0) is 33.7 Å². The van der Waals surface area contributed by atoms with Gasteiger partial charge in [0, 0.05) is 17.2 Å². The lowest BCUT2D eigenvalue weighted by atomic mass is 9.72. The molecule has 0 fully saturated rings. The number of hydrogen-bond acceptors (Lipinski definition) is 0. The van der Waals surface area contributed by atoms with Gasteiger partial charge < -0.3 is 0 Å². The third-order valence-electron chi connectivity index (χ3n) is 4.90. The van der Waals surface area contributed by atoms with Gasteiger partial charge in [-0.15, -0.1) is 0 Å². The van der Waals surface area contributed by atoms with E-state index in [0.29, 0.717) is 5.92 Å². The fraction of sp³-hybridized carbons (Fsp3) is 0.200. The largest absolute Gasteiger partial charge is 0.206 e. The Morgan fingerprint density at radius 3 is 2.00 bits per heavy atom. The summed E-state index contributed by atoms with van der Waals surface area (Å²) in [4.78, 5) is 0. The molecule has 1 heteroatoms. The zero-order chi connectivity index (χ0) is 14.6. The normalized spacial score (nSPS) is 20.1. The van der Waals surface area contributed by atoms with Gasteiger partial charge in [0.25, 0.3) is 0 Å². The Morgan fingerprint density at radius 2 is 1.29 bits per heavy atom. The molecule has 21 heavy (non-hydrogen) atoms. The van der Waals surface area contributed by atoms with E-state index in [4.69, 9.17) is 0 Å². The van der Waals surface area contributed by atoms with Crippen LogP contribution in [-0.4, -0.2) is 0 Å². The lowest BCUT2D eigenvalue weighted by Crippen LogP contribution is -2.15. The van der Waals surface area contributed by atoms with E-state index in [1.54, 1.807) is 6.07 Å². The van der Waals surface area contributed by atoms with Gasteiger partial charge in [-0.2, -0.15) is 0 Å². The molecule has 0 saturated carbocycles. The summed E-state index contributed by atoms with van der Waals surface area (Å²) in [6, 6.07) is 18.1. The molecule has 3 aromatic rings. The number of rotatable bonds is 0. The molecule has 1 aliphatic carbocycles. The first-order valence-corrected chi connectivity index (χ1v) is 7.48. The molecular formula is C20H17F. The summed E-state index contributed by atoms with van der Waals surface area (Å²) in [5.74, 6) is 0.437. The molecule has 0 nitrogen and oxygen atoms in total. The Hall–Kier alpha value is -2.15. The topological polar surface area (TPSA) is 0 Å². The van der Waals surface area contributed by atoms with Crippen LogP contribution >= 0.6 is 0 Å². The number of fused-ring (bicyclic) bond motifs is 4. The van der Waals surface area contributed by atoms with Crippen molar-refractivity contribution in [1.82, 2.24) is 0 Å². The second-order valence-corrected chi connectivity index (χ2v) is 5.98. The lowest BCUT2D eigenvalue weighted by molar-refractivity contribution is 0.632. The molecule has 0 heterocycles. The van der Waals surface area contributed by atoms with Gasteiger partial charge in [0.05, 0.1) is 0 Å². The molecule has 0 unspecified atom stereocenters. The van der Waals surface area contributed by atoms with Crippen LogP contribution in [-0.2, 0) is 0 Å². The third kappa shape index (κ3) is 1.67. The van der Waals surface area contributed by atoms with Crippen molar-refractivity contribution in [1.29, 1.82) is 0 Å². The van der Waals surface area contributed by atoms with Gasteiger partial charge >= 0.3 is 0 Å². The quantitative estimate of drug-likeness (QED) is 0.501. The minimum Gasteiger partial charge on any atom is -0.206 e. The van der Waals surface area contributed by atoms with Crippen LogP contribution in [0.15, 0.2) is 54.6 Å². The van der Waals surface area contributed by atoms with Crippen LogP contribution in [0.4, 0.5) is 4.39 Å². The molecule has 3 aromatic carbocycles. The van der Waals surface area contributed by atoms with Crippen LogP contribution in [0.25, 0.3) is 10.8 Å². The first kappa shape index (κ1) is 12.6. The van der Waals surface area contributed by atoms with Crippen molar-refractivity contribution in [2.45, 2.75) is 25.7 Å². The molecule has 0 saturated heterocycles. The van der Waals surface area contributed by atoms with E-state index in [1.165, 1.54) is 16.7 Å². The van der Waals surface area contributed by atoms with E-state index in [1.807, 2.05) is 18.2 Å². The zero-order valence-electron chi connectivity index (χ0n) is 12.2. The van der Waals surface area contributed by atoms with E-state index in [2.05, 4.69) is 44.2 Å². The molecule has 0 bridgehead atoms. The fourth-order valence-corrected chi connectivity index (χ4v) is 3.84. The second kappa shape index (κ2) is 4.42. The number of benzene rings is 3. The Balaban J connectivity index is 2.11. The summed E-state index contributed by atoms with van der Waals surface area (Å²) in [5, 5.41) is 1.79. The van der Waals surface area contributed by atoms with E-state index < -0.39 is 0 Å². The van der Waals surface area contributed by atoms with Crippen LogP contribution in [0.2, 0.25) is 0 Å². The van der Waals surface area contributed by atoms with E-state index in [9.17, 15) is 4.39 Å². The van der Waals surface area contributed by atoms with Crippen molar-refractivity contribution < 1.29 is 4.39 Å². The van der Waals surface area contributed by atoms with Crippen LogP contribution < -0.4 is 0 Å². The Morgan fingerprint density at radius 1 is 0.714 bits per heavy atom. The maximum atomic E-state index is 14.5. The van der Waals surface area contributed by atoms with Crippen LogP contribution in [0, 0.1) is 5.82 Å². The summed E-state index contributed by atoms with van der Waals surface area (Å²) < 4.78 is 14.5. The predicted octanol–water partition coefficient (Wildman–Crippen LogP) is 5.60. The molecule has 104 valence electrons. The molecule has 0 N–H and O–H groups in total. The summed E-state index contributed by atoms with van der Waals surface area (Å²) in [6.45, 7) is 4.41. The van der Waals surface area contributed by atoms with Gasteiger partial charge in [-0.3, -0.25) is 0 Å². The Kier molecular flexibility index (Phi) is 2.65. The molecule has 0 radical (unpaired) electrons. The molecule has 0 aliphatic heterocycles. The lowest BCUT2D eigenvalue weighted by Gasteiger charge is -2.32. The molecule has 2 atom stereocenters. The second-order valence-electron chi connectivity index (χ2n) is 5.98. The maximum absolute atomic E-state index is 14.5. The highest BCUT2D eigenvalue weighted by Gasteiger charge is 2.29. The smallest absolute Gasteiger partial charge is 0.131 e. The first-order chi connectivity index (χ1) is 10.2. The predicted molar refractivity (Wildman–Crippen MR) is 85.4 cm³/mol. The van der Waals surface area contributed by atoms with Crippen molar-refractivity contribution in [3.05, 3.63) is 82.7 Å². The van der Waals surface area contributed by atoms with Crippen molar-refractivity contribution >= 4 is 10.8 Å². The molecule has 0 spiro atoms. The van der Waals surface area contributed by atoms with Crippen molar-refractivity contribution in [3.63, 3.8) is 0 Å². The first-order valence-electron chi connectivity index (χ1n) is 7.48. The molecule has 0 aromatic heterocycles. The monoisotopic (exact) mass is 276 g/mol. The Bertz CT molecular complexity index is 848. The van der Waals surface area contributed by atoms with Gasteiger partial charge in [-0.1, -0.05) is 62.4 Å². The summed E-state index contributed by atoms with van der Waals surface area (Å²) in [6.07, 6.45) is 0. The SMILES string of the molecule is C[C@@H]1c2ccccc2[C@H](C)c2c1cc(F)c1ccccc21. The summed E-state index contributed by atoms with van der Waals surface area (Å²) in [7, 11) is 0. The summed E-state index contributed by atoms with van der Waals surface area (Å²) in [5.41, 5.74) is 5.12. The zero-order valence-corrected chi connectivity index (χ0v) is 12.2. The highest BCUT2D eigenvalue weighted by molar-refractivity contribution is 5.89. The minimum absolute atomic E-state index is 0.109. The standard InChI is InChI=1S/C20H17F/c1-12-14-7-3-4-8-15(14)13(2)20-17-10-6-5-9-16(17)19(21)11-18(12)20/h3-13H,1-2H3/t12-,13+/m1/s1. The van der Waals surface area contributed by atoms with Crippen LogP contribution in [0.5, 0.6) is 0 Å². The van der Waals surface area contributed by atoms with Gasteiger partial charge in [0.1, 0.15) is 5.82 Å². The van der Waals surface area contributed by atoms with Crippen molar-refractivity contribution in [2.75, 3.05) is 0 Å². The average Bonchev–Trinajstić information content (AvgIpc) is 2.53. The fourth-order valence-electron chi connectivity index (χ4n) is 3.84. The summed E-state index contributed by atoms with van der Waals surface area (Å²) >= 11 is 0. The highest BCUT2D eigenvalue weighted by Crippen LogP contribution is 2.46. The molecular weight excluding hydrogens is 259 g/mol. The highest BCUT2D eigenvalue weighted by atomic mass is 19.1. The van der Waals surface area contributed by atoms with Gasteiger partial charge in [-0.25, -0.2) is 4.39 Å². The van der Waals surface area contributed by atoms with Crippen LogP contribution in [0.3, 0.4) is 0 Å². The van der Waals surface area contributed by atoms with E-state index >= 15 is 0 Å². The Labute approximate surface area is 124 Å². The average molecular weight is 276 g/mol. The van der Waals surface area contributed by atoms with E-state index in [-0.39, 0.29) is 11.7 Å². The van der Waals surface area contributed by atoms with E-state index in [0.717, 1.165) is 16.3 Å². The third-order valence-corrected chi connectivity index (χ3v) is 4.90. The number of hydrogen-bond donors (Lipinski definition) is 0. The van der Waals surface area contributed by atoms with Crippen molar-refractivity contribution in [2.24, 2.45) is 0 Å². The maximum Gasteiger partial charge on any atom is 0.131 e. The minimum atomic E-state index is -0.109. The van der Waals surface area contributed by atoms with Crippen molar-refractivity contribution in [3.8, 4) is 0 Å². The molecule has 0 amide bonds. The number of halogens is 1.